The van der Waals surface area contributed by atoms with Gasteiger partial charge in [-0.15, -0.1) is 0 Å². The molecule has 1 aromatic rings. The number of pyridine rings is 1. The first-order chi connectivity index (χ1) is 7.69. The summed E-state index contributed by atoms with van der Waals surface area (Å²) in [6.45, 7) is -0.0972. The summed E-state index contributed by atoms with van der Waals surface area (Å²) >= 11 is 0. The Bertz CT molecular complexity index is 350. The van der Waals surface area contributed by atoms with Gasteiger partial charge >= 0.3 is 0 Å². The lowest BCUT2D eigenvalue weighted by Crippen LogP contribution is -2.35. The molecular weight excluding hydrogens is 212 g/mol. The van der Waals surface area contributed by atoms with Crippen molar-refractivity contribution in [3.05, 3.63) is 24.0 Å². The van der Waals surface area contributed by atoms with Gasteiger partial charge in [-0.25, -0.2) is 0 Å². The predicted molar refractivity (Wildman–Crippen MR) is 56.0 cm³/mol. The first-order valence-corrected chi connectivity index (χ1v) is 4.84. The van der Waals surface area contributed by atoms with E-state index in [1.165, 1.54) is 23.4 Å². The van der Waals surface area contributed by atoms with Crippen LogP contribution < -0.4 is 0 Å². The van der Waals surface area contributed by atoms with Gasteiger partial charge in [-0.05, 0) is 6.07 Å². The molecule has 0 saturated heterocycles. The number of aromatic hydroxyl groups is 1. The average molecular weight is 226 g/mol. The van der Waals surface area contributed by atoms with E-state index in [9.17, 15) is 9.90 Å². The van der Waals surface area contributed by atoms with Crippen LogP contribution in [0, 0.1) is 0 Å². The van der Waals surface area contributed by atoms with Gasteiger partial charge in [-0.2, -0.15) is 0 Å². The van der Waals surface area contributed by atoms with Gasteiger partial charge in [0.1, 0.15) is 5.75 Å². The van der Waals surface area contributed by atoms with E-state index in [4.69, 9.17) is 10.2 Å². The number of carbonyl (C=O) groups excluding carboxylic acids is 1. The Hall–Kier alpha value is -1.66. The van der Waals surface area contributed by atoms with Crippen LogP contribution in [0.15, 0.2) is 18.5 Å². The highest BCUT2D eigenvalue weighted by Crippen LogP contribution is 2.10. The van der Waals surface area contributed by atoms with Gasteiger partial charge in [-0.1, -0.05) is 0 Å². The van der Waals surface area contributed by atoms with E-state index >= 15 is 0 Å². The zero-order valence-electron chi connectivity index (χ0n) is 8.70. The van der Waals surface area contributed by atoms with E-state index in [2.05, 4.69) is 4.98 Å². The predicted octanol–water partition coefficient (Wildman–Crippen LogP) is -0.786. The van der Waals surface area contributed by atoms with Gasteiger partial charge in [0, 0.05) is 19.3 Å². The fraction of sp³-hybridized carbons (Fsp3) is 0.400. The maximum absolute atomic E-state index is 11.8. The zero-order chi connectivity index (χ0) is 12.0. The minimum atomic E-state index is -0.383. The summed E-state index contributed by atoms with van der Waals surface area (Å²) in [4.78, 5) is 16.8. The first-order valence-electron chi connectivity index (χ1n) is 4.84. The van der Waals surface area contributed by atoms with Gasteiger partial charge in [-0.3, -0.25) is 9.78 Å². The fourth-order valence-electron chi connectivity index (χ4n) is 1.28. The minimum absolute atomic E-state index is 0.0983. The molecule has 6 heteroatoms. The second-order valence-corrected chi connectivity index (χ2v) is 3.17. The van der Waals surface area contributed by atoms with Crippen molar-refractivity contribution in [2.24, 2.45) is 0 Å². The average Bonchev–Trinajstić information content (AvgIpc) is 2.28. The summed E-state index contributed by atoms with van der Waals surface area (Å²) in [6.07, 6.45) is 2.54. The van der Waals surface area contributed by atoms with Gasteiger partial charge in [0.25, 0.3) is 5.91 Å². The van der Waals surface area contributed by atoms with E-state index in [1.807, 2.05) is 0 Å². The van der Waals surface area contributed by atoms with E-state index < -0.39 is 0 Å². The maximum atomic E-state index is 11.8. The van der Waals surface area contributed by atoms with E-state index in [0.29, 0.717) is 0 Å². The number of hydrogen-bond acceptors (Lipinski definition) is 5. The Morgan fingerprint density at radius 3 is 2.38 bits per heavy atom. The minimum Gasteiger partial charge on any atom is -0.506 e. The first kappa shape index (κ1) is 12.4. The number of aromatic nitrogens is 1. The number of aliphatic hydroxyl groups excluding tert-OH is 2. The van der Waals surface area contributed by atoms with Crippen molar-refractivity contribution in [1.82, 2.24) is 9.88 Å². The van der Waals surface area contributed by atoms with Crippen LogP contribution in [-0.4, -0.2) is 57.4 Å². The molecule has 16 heavy (non-hydrogen) atoms. The van der Waals surface area contributed by atoms with Crippen LogP contribution in [0.2, 0.25) is 0 Å². The Labute approximate surface area is 92.8 Å². The fourth-order valence-corrected chi connectivity index (χ4v) is 1.28. The number of carbonyl (C=O) groups is 1. The second-order valence-electron chi connectivity index (χ2n) is 3.17. The monoisotopic (exact) mass is 226 g/mol. The largest absolute Gasteiger partial charge is 0.506 e. The number of aliphatic hydroxyl groups is 2. The van der Waals surface area contributed by atoms with Crippen molar-refractivity contribution in [3.63, 3.8) is 0 Å². The highest BCUT2D eigenvalue weighted by Gasteiger charge is 2.15. The summed E-state index contributed by atoms with van der Waals surface area (Å²) < 4.78 is 0. The molecule has 0 aromatic carbocycles. The SMILES string of the molecule is O=C(c1cncc(O)c1)N(CCO)CCO. The summed E-state index contributed by atoms with van der Waals surface area (Å²) in [5.41, 5.74) is 0.224. The third kappa shape index (κ3) is 3.18. The van der Waals surface area contributed by atoms with Gasteiger partial charge in [0.15, 0.2) is 0 Å². The van der Waals surface area contributed by atoms with Crippen LogP contribution in [0.25, 0.3) is 0 Å². The quantitative estimate of drug-likeness (QED) is 0.612. The van der Waals surface area contributed by atoms with Gasteiger partial charge in [0.2, 0.25) is 0 Å². The molecule has 0 bridgehead atoms. The van der Waals surface area contributed by atoms with Crippen molar-refractivity contribution < 1.29 is 20.1 Å². The molecule has 1 amide bonds. The molecule has 1 heterocycles. The molecule has 0 unspecified atom stereocenters. The zero-order valence-corrected chi connectivity index (χ0v) is 8.70. The molecule has 6 nitrogen and oxygen atoms in total. The molecule has 0 radical (unpaired) electrons. The molecule has 88 valence electrons. The highest BCUT2D eigenvalue weighted by molar-refractivity contribution is 5.94. The number of hydrogen-bond donors (Lipinski definition) is 3. The van der Waals surface area contributed by atoms with Crippen LogP contribution in [0.5, 0.6) is 5.75 Å². The van der Waals surface area contributed by atoms with Gasteiger partial charge < -0.3 is 20.2 Å². The third-order valence-electron chi connectivity index (χ3n) is 2.00. The maximum Gasteiger partial charge on any atom is 0.255 e. The van der Waals surface area contributed by atoms with E-state index in [0.717, 1.165) is 0 Å². The van der Waals surface area contributed by atoms with Crippen molar-refractivity contribution in [3.8, 4) is 5.75 Å². The topological polar surface area (TPSA) is 93.9 Å². The number of rotatable bonds is 5. The van der Waals surface area contributed by atoms with Crippen LogP contribution in [-0.2, 0) is 0 Å². The molecule has 0 atom stereocenters. The van der Waals surface area contributed by atoms with Crippen molar-refractivity contribution in [2.75, 3.05) is 26.3 Å². The van der Waals surface area contributed by atoms with Crippen molar-refractivity contribution in [1.29, 1.82) is 0 Å². The van der Waals surface area contributed by atoms with Crippen LogP contribution in [0.3, 0.4) is 0 Å². The number of amides is 1. The molecule has 0 aliphatic carbocycles. The summed E-state index contributed by atoms with van der Waals surface area (Å²) in [5.74, 6) is -0.481. The summed E-state index contributed by atoms with van der Waals surface area (Å²) in [5, 5.41) is 26.7. The van der Waals surface area contributed by atoms with E-state index in [-0.39, 0.29) is 43.5 Å². The smallest absolute Gasteiger partial charge is 0.255 e. The van der Waals surface area contributed by atoms with Crippen LogP contribution >= 0.6 is 0 Å². The molecular formula is C10H14N2O4. The summed E-state index contributed by atoms with van der Waals surface area (Å²) in [6, 6.07) is 1.29. The molecule has 0 aliphatic rings. The second kappa shape index (κ2) is 6.04. The lowest BCUT2D eigenvalue weighted by Gasteiger charge is -2.20. The van der Waals surface area contributed by atoms with Gasteiger partial charge in [0.05, 0.1) is 25.0 Å². The molecule has 0 aliphatic heterocycles. The standard InChI is InChI=1S/C10H14N2O4/c13-3-1-12(2-4-14)10(16)8-5-9(15)7-11-6-8/h5-7,13-15H,1-4H2. The lowest BCUT2D eigenvalue weighted by atomic mass is 10.2. The number of nitrogens with zero attached hydrogens (tertiary/aromatic N) is 2. The Morgan fingerprint density at radius 2 is 1.88 bits per heavy atom. The molecule has 3 N–H and O–H groups in total. The Kier molecular flexibility index (Phi) is 4.68. The lowest BCUT2D eigenvalue weighted by molar-refractivity contribution is 0.0684. The normalized spacial score (nSPS) is 10.1. The third-order valence-corrected chi connectivity index (χ3v) is 2.00. The van der Waals surface area contributed by atoms with Crippen LogP contribution in [0.4, 0.5) is 0 Å². The molecule has 1 aromatic heterocycles. The van der Waals surface area contributed by atoms with E-state index in [1.54, 1.807) is 0 Å². The Balaban J connectivity index is 2.81. The van der Waals surface area contributed by atoms with Crippen LogP contribution in [0.1, 0.15) is 10.4 Å². The molecule has 0 spiro atoms. The van der Waals surface area contributed by atoms with Crippen molar-refractivity contribution in [2.45, 2.75) is 0 Å². The molecule has 1 rings (SSSR count). The Morgan fingerprint density at radius 1 is 1.25 bits per heavy atom. The highest BCUT2D eigenvalue weighted by atomic mass is 16.3. The molecule has 0 saturated carbocycles. The molecule has 0 fully saturated rings. The summed E-state index contributed by atoms with van der Waals surface area (Å²) in [7, 11) is 0. The van der Waals surface area contributed by atoms with Crippen molar-refractivity contribution >= 4 is 5.91 Å².